The number of amides is 1. The lowest BCUT2D eigenvalue weighted by Crippen LogP contribution is -2.26. The van der Waals surface area contributed by atoms with E-state index < -0.39 is 6.09 Å². The van der Waals surface area contributed by atoms with Crippen molar-refractivity contribution in [3.8, 4) is 11.1 Å². The van der Waals surface area contributed by atoms with E-state index in [-0.39, 0.29) is 5.92 Å². The van der Waals surface area contributed by atoms with Crippen LogP contribution in [-0.4, -0.2) is 17.7 Å². The molecule has 0 aliphatic heterocycles. The predicted octanol–water partition coefficient (Wildman–Crippen LogP) is 7.68. The van der Waals surface area contributed by atoms with Gasteiger partial charge in [0.15, 0.2) is 0 Å². The average Bonchev–Trinajstić information content (AvgIpc) is 3.24. The van der Waals surface area contributed by atoms with E-state index in [0.717, 1.165) is 0 Å². The topological polar surface area (TPSA) is 49.3 Å². The number of hydrogen-bond donors (Lipinski definition) is 2. The first-order chi connectivity index (χ1) is 16.7. The molecule has 0 aromatic heterocycles. The Morgan fingerprint density at radius 1 is 0.559 bits per heavy atom. The van der Waals surface area contributed by atoms with Crippen molar-refractivity contribution in [1.82, 2.24) is 5.32 Å². The summed E-state index contributed by atoms with van der Waals surface area (Å²) in [6, 6.07) is 34.3. The molecule has 3 nitrogen and oxygen atoms in total. The molecule has 1 amide bonds. The lowest BCUT2D eigenvalue weighted by molar-refractivity contribution is 0.194. The third kappa shape index (κ3) is 2.49. The number of fused-ring (bicyclic) bond motifs is 13. The van der Waals surface area contributed by atoms with Gasteiger partial charge in [-0.3, -0.25) is 0 Å². The van der Waals surface area contributed by atoms with E-state index in [2.05, 4.69) is 102 Å². The van der Waals surface area contributed by atoms with Crippen molar-refractivity contribution in [2.24, 2.45) is 0 Å². The molecule has 0 spiro atoms. The number of benzene rings is 6. The van der Waals surface area contributed by atoms with E-state index in [1.807, 2.05) is 0 Å². The lowest BCUT2D eigenvalue weighted by Gasteiger charge is -2.18. The molecule has 6 aromatic rings. The Kier molecular flexibility index (Phi) is 3.97. The first kappa shape index (κ1) is 19.1. The summed E-state index contributed by atoms with van der Waals surface area (Å²) in [6.07, 6.45) is -0.995. The van der Waals surface area contributed by atoms with Gasteiger partial charge >= 0.3 is 6.09 Å². The molecule has 0 fully saturated rings. The average molecular weight is 440 g/mol. The van der Waals surface area contributed by atoms with Gasteiger partial charge in [0.1, 0.15) is 0 Å². The molecule has 34 heavy (non-hydrogen) atoms. The smallest absolute Gasteiger partial charge is 0.404 e. The van der Waals surface area contributed by atoms with E-state index in [0.29, 0.717) is 6.54 Å². The van der Waals surface area contributed by atoms with Gasteiger partial charge in [-0.1, -0.05) is 97.1 Å². The largest absolute Gasteiger partial charge is 0.465 e. The Balaban J connectivity index is 1.75. The molecular weight excluding hydrogens is 418 g/mol. The second-order valence-corrected chi connectivity index (χ2v) is 9.00. The van der Waals surface area contributed by atoms with Gasteiger partial charge in [-0.2, -0.15) is 0 Å². The minimum absolute atomic E-state index is 0.0786. The fourth-order valence-electron chi connectivity index (χ4n) is 6.14. The Morgan fingerprint density at radius 2 is 0.882 bits per heavy atom. The number of nitrogens with one attached hydrogen (secondary N) is 1. The Hall–Kier alpha value is -4.37. The van der Waals surface area contributed by atoms with E-state index in [1.165, 1.54) is 65.3 Å². The fourth-order valence-corrected chi connectivity index (χ4v) is 6.14. The van der Waals surface area contributed by atoms with Crippen molar-refractivity contribution in [3.63, 3.8) is 0 Å². The molecule has 1 aliphatic carbocycles. The van der Waals surface area contributed by atoms with Gasteiger partial charge in [0.25, 0.3) is 0 Å². The van der Waals surface area contributed by atoms with E-state index in [4.69, 9.17) is 0 Å². The molecule has 0 heterocycles. The summed E-state index contributed by atoms with van der Waals surface area (Å²) in [5, 5.41) is 21.9. The van der Waals surface area contributed by atoms with Gasteiger partial charge in [0.05, 0.1) is 0 Å². The molecule has 162 valence electrons. The zero-order valence-electron chi connectivity index (χ0n) is 18.4. The minimum Gasteiger partial charge on any atom is -0.465 e. The van der Waals surface area contributed by atoms with E-state index in [1.54, 1.807) is 0 Å². The fraction of sp³-hybridized carbons (Fsp3) is 0.0645. The summed E-state index contributed by atoms with van der Waals surface area (Å²) in [7, 11) is 0. The van der Waals surface area contributed by atoms with Crippen LogP contribution in [0.3, 0.4) is 0 Å². The zero-order chi connectivity index (χ0) is 22.8. The zero-order valence-corrected chi connectivity index (χ0v) is 18.4. The van der Waals surface area contributed by atoms with Gasteiger partial charge in [0, 0.05) is 12.5 Å². The van der Waals surface area contributed by atoms with Gasteiger partial charge in [-0.15, -0.1) is 0 Å². The summed E-state index contributed by atoms with van der Waals surface area (Å²) in [5.41, 5.74) is 4.92. The SMILES string of the molecule is O=C(O)NCC1c2c(c3ccccc3c3ccccc23)-c2c1c1ccccc1c1ccccc21. The first-order valence-electron chi connectivity index (χ1n) is 11.6. The summed E-state index contributed by atoms with van der Waals surface area (Å²) in [6.45, 7) is 0.333. The first-order valence-corrected chi connectivity index (χ1v) is 11.6. The maximum absolute atomic E-state index is 11.6. The Labute approximate surface area is 196 Å². The number of carbonyl (C=O) groups is 1. The number of carboxylic acid groups (broad SMARTS) is 1. The second-order valence-electron chi connectivity index (χ2n) is 9.00. The Morgan fingerprint density at radius 3 is 1.26 bits per heavy atom. The highest BCUT2D eigenvalue weighted by atomic mass is 16.4. The van der Waals surface area contributed by atoms with Crippen LogP contribution in [0.25, 0.3) is 54.2 Å². The minimum atomic E-state index is -0.995. The number of hydrogen-bond acceptors (Lipinski definition) is 1. The Bertz CT molecular complexity index is 1680. The van der Waals surface area contributed by atoms with Crippen LogP contribution in [0.15, 0.2) is 97.1 Å². The normalized spacial score (nSPS) is 12.9. The summed E-state index contributed by atoms with van der Waals surface area (Å²) >= 11 is 0. The molecule has 1 aliphatic rings. The standard InChI is InChI=1S/C31H21NO2/c33-31(34)32-17-26-27-22-13-5-1-9-18(22)20-11-3-7-15-24(20)29(27)30-25-16-8-4-12-21(25)19-10-2-6-14-23(19)28(26)30/h1-16,26,32H,17H2,(H,33,34). The molecule has 3 heteroatoms. The molecule has 0 atom stereocenters. The van der Waals surface area contributed by atoms with Gasteiger partial charge in [-0.25, -0.2) is 4.79 Å². The van der Waals surface area contributed by atoms with Crippen LogP contribution in [-0.2, 0) is 0 Å². The van der Waals surface area contributed by atoms with Gasteiger partial charge in [0.2, 0.25) is 0 Å². The van der Waals surface area contributed by atoms with Crippen molar-refractivity contribution in [2.75, 3.05) is 6.54 Å². The van der Waals surface area contributed by atoms with Crippen molar-refractivity contribution >= 4 is 49.2 Å². The van der Waals surface area contributed by atoms with E-state index >= 15 is 0 Å². The van der Waals surface area contributed by atoms with Crippen LogP contribution in [0.5, 0.6) is 0 Å². The molecule has 6 aromatic carbocycles. The molecule has 0 unspecified atom stereocenters. The van der Waals surface area contributed by atoms with Crippen LogP contribution in [0.2, 0.25) is 0 Å². The molecule has 7 rings (SSSR count). The third-order valence-electron chi connectivity index (χ3n) is 7.35. The third-order valence-corrected chi connectivity index (χ3v) is 7.35. The van der Waals surface area contributed by atoms with Crippen LogP contribution < -0.4 is 5.32 Å². The van der Waals surface area contributed by atoms with Crippen molar-refractivity contribution in [1.29, 1.82) is 0 Å². The van der Waals surface area contributed by atoms with Crippen molar-refractivity contribution in [2.45, 2.75) is 5.92 Å². The highest BCUT2D eigenvalue weighted by Gasteiger charge is 2.35. The second kappa shape index (κ2) is 7.06. The van der Waals surface area contributed by atoms with Crippen LogP contribution in [0, 0.1) is 0 Å². The van der Waals surface area contributed by atoms with Gasteiger partial charge in [-0.05, 0) is 65.3 Å². The predicted molar refractivity (Wildman–Crippen MR) is 140 cm³/mol. The van der Waals surface area contributed by atoms with Crippen LogP contribution in [0.4, 0.5) is 4.79 Å². The monoisotopic (exact) mass is 439 g/mol. The number of rotatable bonds is 2. The quantitative estimate of drug-likeness (QED) is 0.272. The lowest BCUT2D eigenvalue weighted by atomic mass is 9.87. The van der Waals surface area contributed by atoms with Crippen molar-refractivity contribution < 1.29 is 9.90 Å². The van der Waals surface area contributed by atoms with E-state index in [9.17, 15) is 9.90 Å². The molecule has 0 bridgehead atoms. The maximum atomic E-state index is 11.6. The van der Waals surface area contributed by atoms with Crippen LogP contribution >= 0.6 is 0 Å². The summed E-state index contributed by atoms with van der Waals surface area (Å²) in [5.74, 6) is -0.0786. The molecule has 0 radical (unpaired) electrons. The van der Waals surface area contributed by atoms with Crippen LogP contribution in [0.1, 0.15) is 17.0 Å². The highest BCUT2D eigenvalue weighted by Crippen LogP contribution is 2.56. The van der Waals surface area contributed by atoms with Crippen molar-refractivity contribution in [3.05, 3.63) is 108 Å². The summed E-state index contributed by atoms with van der Waals surface area (Å²) < 4.78 is 0. The molecule has 0 saturated carbocycles. The molecule has 2 N–H and O–H groups in total. The molecular formula is C31H21NO2. The molecule has 0 saturated heterocycles. The van der Waals surface area contributed by atoms with Gasteiger partial charge < -0.3 is 10.4 Å². The highest BCUT2D eigenvalue weighted by molar-refractivity contribution is 6.25. The summed E-state index contributed by atoms with van der Waals surface area (Å²) in [4.78, 5) is 11.6. The maximum Gasteiger partial charge on any atom is 0.404 e.